The maximum Gasteiger partial charge on any atom is 0.0583 e. The van der Waals surface area contributed by atoms with E-state index in [0.29, 0.717) is 0 Å². The third-order valence-electron chi connectivity index (χ3n) is 2.09. The SMILES string of the molecule is OCCCn1cc(-c2ccc[nH]2)cn1. The van der Waals surface area contributed by atoms with Crippen molar-refractivity contribution in [3.8, 4) is 11.3 Å². The highest BCUT2D eigenvalue weighted by atomic mass is 16.3. The Hall–Kier alpha value is -1.55. The second-order valence-corrected chi connectivity index (χ2v) is 3.15. The quantitative estimate of drug-likeness (QED) is 0.764. The first-order valence-corrected chi connectivity index (χ1v) is 4.67. The molecule has 4 nitrogen and oxygen atoms in total. The molecule has 0 aliphatic rings. The molecule has 0 spiro atoms. The fourth-order valence-corrected chi connectivity index (χ4v) is 1.37. The molecule has 74 valence electrons. The lowest BCUT2D eigenvalue weighted by Crippen LogP contribution is -1.99. The highest BCUT2D eigenvalue weighted by Crippen LogP contribution is 2.15. The van der Waals surface area contributed by atoms with Crippen molar-refractivity contribution in [2.24, 2.45) is 0 Å². The van der Waals surface area contributed by atoms with Crippen molar-refractivity contribution in [1.82, 2.24) is 14.8 Å². The van der Waals surface area contributed by atoms with Gasteiger partial charge in [0.05, 0.1) is 6.20 Å². The lowest BCUT2D eigenvalue weighted by Gasteiger charge is -1.96. The number of aliphatic hydroxyl groups is 1. The molecule has 0 aliphatic carbocycles. The largest absolute Gasteiger partial charge is 0.396 e. The van der Waals surface area contributed by atoms with Crippen molar-refractivity contribution >= 4 is 0 Å². The minimum atomic E-state index is 0.206. The smallest absolute Gasteiger partial charge is 0.0583 e. The van der Waals surface area contributed by atoms with Crippen molar-refractivity contribution in [3.05, 3.63) is 30.7 Å². The molecule has 2 N–H and O–H groups in total. The Labute approximate surface area is 82.2 Å². The monoisotopic (exact) mass is 191 g/mol. The van der Waals surface area contributed by atoms with Gasteiger partial charge in [-0.2, -0.15) is 5.10 Å². The van der Waals surface area contributed by atoms with Crippen LogP contribution in [-0.4, -0.2) is 26.5 Å². The third-order valence-corrected chi connectivity index (χ3v) is 2.09. The summed E-state index contributed by atoms with van der Waals surface area (Å²) < 4.78 is 1.84. The summed E-state index contributed by atoms with van der Waals surface area (Å²) in [6.45, 7) is 0.967. The van der Waals surface area contributed by atoms with Crippen LogP contribution in [0.2, 0.25) is 0 Å². The van der Waals surface area contributed by atoms with Crippen molar-refractivity contribution in [2.45, 2.75) is 13.0 Å². The molecule has 0 saturated carbocycles. The Morgan fingerprint density at radius 2 is 2.43 bits per heavy atom. The van der Waals surface area contributed by atoms with Crippen LogP contribution in [0.3, 0.4) is 0 Å². The van der Waals surface area contributed by atoms with Gasteiger partial charge in [0.15, 0.2) is 0 Å². The third kappa shape index (κ3) is 1.85. The summed E-state index contributed by atoms with van der Waals surface area (Å²) in [5.74, 6) is 0. The van der Waals surface area contributed by atoms with Gasteiger partial charge in [-0.25, -0.2) is 0 Å². The Morgan fingerprint density at radius 1 is 1.50 bits per heavy atom. The van der Waals surface area contributed by atoms with Crippen LogP contribution in [0.1, 0.15) is 6.42 Å². The summed E-state index contributed by atoms with van der Waals surface area (Å²) in [6.07, 6.45) is 6.43. The van der Waals surface area contributed by atoms with Crippen LogP contribution in [0, 0.1) is 0 Å². The highest BCUT2D eigenvalue weighted by molar-refractivity contribution is 5.56. The van der Waals surface area contributed by atoms with E-state index in [1.165, 1.54) is 0 Å². The predicted octanol–water partition coefficient (Wildman–Crippen LogP) is 1.26. The van der Waals surface area contributed by atoms with E-state index in [0.717, 1.165) is 24.2 Å². The van der Waals surface area contributed by atoms with Crippen LogP contribution in [-0.2, 0) is 6.54 Å². The number of nitrogens with one attached hydrogen (secondary N) is 1. The van der Waals surface area contributed by atoms with E-state index >= 15 is 0 Å². The topological polar surface area (TPSA) is 53.8 Å². The maximum atomic E-state index is 8.67. The molecule has 2 heterocycles. The normalized spacial score (nSPS) is 10.6. The zero-order valence-corrected chi connectivity index (χ0v) is 7.85. The molecule has 0 unspecified atom stereocenters. The van der Waals surface area contributed by atoms with Crippen LogP contribution in [0.15, 0.2) is 30.7 Å². The summed E-state index contributed by atoms with van der Waals surface area (Å²) in [5.41, 5.74) is 2.15. The molecule has 0 aromatic carbocycles. The van der Waals surface area contributed by atoms with Gasteiger partial charge in [-0.1, -0.05) is 0 Å². The van der Waals surface area contributed by atoms with E-state index < -0.39 is 0 Å². The van der Waals surface area contributed by atoms with Crippen molar-refractivity contribution in [3.63, 3.8) is 0 Å². The molecule has 0 atom stereocenters. The van der Waals surface area contributed by atoms with E-state index in [2.05, 4.69) is 10.1 Å². The van der Waals surface area contributed by atoms with Gasteiger partial charge < -0.3 is 10.1 Å². The molecule has 0 saturated heterocycles. The molecular formula is C10H13N3O. The molecule has 14 heavy (non-hydrogen) atoms. The highest BCUT2D eigenvalue weighted by Gasteiger charge is 2.00. The molecule has 0 amide bonds. The molecule has 0 fully saturated rings. The average Bonchev–Trinajstić information content (AvgIpc) is 2.85. The van der Waals surface area contributed by atoms with Crippen molar-refractivity contribution < 1.29 is 5.11 Å². The van der Waals surface area contributed by atoms with Gasteiger partial charge >= 0.3 is 0 Å². The first-order valence-electron chi connectivity index (χ1n) is 4.67. The summed E-state index contributed by atoms with van der Waals surface area (Å²) in [7, 11) is 0. The Balaban J connectivity index is 2.10. The number of aromatic nitrogens is 3. The zero-order chi connectivity index (χ0) is 9.80. The van der Waals surface area contributed by atoms with Crippen molar-refractivity contribution in [1.29, 1.82) is 0 Å². The number of nitrogens with zero attached hydrogens (tertiary/aromatic N) is 2. The minimum Gasteiger partial charge on any atom is -0.396 e. The predicted molar refractivity (Wildman–Crippen MR) is 53.7 cm³/mol. The summed E-state index contributed by atoms with van der Waals surface area (Å²) in [4.78, 5) is 3.12. The number of rotatable bonds is 4. The van der Waals surface area contributed by atoms with Gasteiger partial charge in [0.25, 0.3) is 0 Å². The number of hydrogen-bond acceptors (Lipinski definition) is 2. The Kier molecular flexibility index (Phi) is 2.65. The molecular weight excluding hydrogens is 178 g/mol. The van der Waals surface area contributed by atoms with E-state index in [4.69, 9.17) is 5.11 Å². The molecule has 0 bridgehead atoms. The van der Waals surface area contributed by atoms with Crippen molar-refractivity contribution in [2.75, 3.05) is 6.61 Å². The number of aryl methyl sites for hydroxylation is 1. The van der Waals surface area contributed by atoms with Gasteiger partial charge in [-0.3, -0.25) is 4.68 Å². The molecule has 0 aliphatic heterocycles. The van der Waals surface area contributed by atoms with Crippen LogP contribution < -0.4 is 0 Å². The number of hydrogen-bond donors (Lipinski definition) is 2. The number of H-pyrrole nitrogens is 1. The standard InChI is InChI=1S/C10H13N3O/c14-6-2-5-13-8-9(7-12-13)10-3-1-4-11-10/h1,3-4,7-8,11,14H,2,5-6H2. The van der Waals surface area contributed by atoms with E-state index in [-0.39, 0.29) is 6.61 Å². The number of aromatic amines is 1. The second-order valence-electron chi connectivity index (χ2n) is 3.15. The van der Waals surface area contributed by atoms with Gasteiger partial charge in [-0.05, 0) is 18.6 Å². The van der Waals surface area contributed by atoms with Crippen LogP contribution in [0.4, 0.5) is 0 Å². The Morgan fingerprint density at radius 3 is 3.14 bits per heavy atom. The molecule has 2 aromatic rings. The maximum absolute atomic E-state index is 8.67. The lowest BCUT2D eigenvalue weighted by molar-refractivity contribution is 0.277. The second kappa shape index (κ2) is 4.11. The zero-order valence-electron chi connectivity index (χ0n) is 7.85. The molecule has 2 rings (SSSR count). The van der Waals surface area contributed by atoms with Crippen LogP contribution in [0.5, 0.6) is 0 Å². The fourth-order valence-electron chi connectivity index (χ4n) is 1.37. The number of aliphatic hydroxyl groups excluding tert-OH is 1. The van der Waals surface area contributed by atoms with E-state index in [1.807, 2.05) is 35.4 Å². The summed E-state index contributed by atoms with van der Waals surface area (Å²) >= 11 is 0. The molecule has 2 aromatic heterocycles. The lowest BCUT2D eigenvalue weighted by atomic mass is 10.3. The van der Waals surface area contributed by atoms with Gasteiger partial charge in [0.1, 0.15) is 0 Å². The Bertz CT molecular complexity index is 378. The summed E-state index contributed by atoms with van der Waals surface area (Å²) in [6, 6.07) is 3.97. The molecule has 0 radical (unpaired) electrons. The van der Waals surface area contributed by atoms with Gasteiger partial charge in [0.2, 0.25) is 0 Å². The van der Waals surface area contributed by atoms with Gasteiger partial charge in [-0.15, -0.1) is 0 Å². The van der Waals surface area contributed by atoms with E-state index in [1.54, 1.807) is 0 Å². The van der Waals surface area contributed by atoms with Gasteiger partial charge in [0, 0.05) is 36.8 Å². The first-order chi connectivity index (χ1) is 6.90. The molecule has 4 heteroatoms. The minimum absolute atomic E-state index is 0.206. The van der Waals surface area contributed by atoms with E-state index in [9.17, 15) is 0 Å². The summed E-state index contributed by atoms with van der Waals surface area (Å²) in [5, 5.41) is 12.9. The van der Waals surface area contributed by atoms with Crippen LogP contribution in [0.25, 0.3) is 11.3 Å². The van der Waals surface area contributed by atoms with Crippen LogP contribution >= 0.6 is 0 Å². The first kappa shape index (κ1) is 9.02. The average molecular weight is 191 g/mol. The fraction of sp³-hybridized carbons (Fsp3) is 0.300.